The molecule has 1 saturated carbocycles. The number of amides is 1. The number of hydrogen-bond donors (Lipinski definition) is 2. The number of piperazine rings is 1. The Balaban J connectivity index is 1.55. The second kappa shape index (κ2) is 12.0. The van der Waals surface area contributed by atoms with E-state index < -0.39 is 24.2 Å². The van der Waals surface area contributed by atoms with E-state index in [-0.39, 0.29) is 18.5 Å². The van der Waals surface area contributed by atoms with E-state index in [0.29, 0.717) is 17.5 Å². The number of nitrogens with one attached hydrogen (secondary N) is 2. The summed E-state index contributed by atoms with van der Waals surface area (Å²) in [6.07, 6.45) is -1.30. The lowest BCUT2D eigenvalue weighted by Gasteiger charge is -2.36. The van der Waals surface area contributed by atoms with Gasteiger partial charge in [-0.05, 0) is 48.1 Å². The number of halogens is 3. The van der Waals surface area contributed by atoms with Gasteiger partial charge in [0.2, 0.25) is 5.91 Å². The van der Waals surface area contributed by atoms with E-state index >= 15 is 0 Å². The van der Waals surface area contributed by atoms with Crippen LogP contribution in [0.3, 0.4) is 0 Å². The van der Waals surface area contributed by atoms with Gasteiger partial charge in [-0.25, -0.2) is 0 Å². The molecule has 0 aromatic heterocycles. The Morgan fingerprint density at radius 2 is 1.76 bits per heavy atom. The first-order chi connectivity index (χ1) is 17.8. The van der Waals surface area contributed by atoms with E-state index in [1.165, 1.54) is 18.9 Å². The lowest BCUT2D eigenvalue weighted by atomic mass is 9.93. The van der Waals surface area contributed by atoms with Crippen LogP contribution in [0.25, 0.3) is 11.1 Å². The number of rotatable bonds is 10. The molecule has 0 bridgehead atoms. The summed E-state index contributed by atoms with van der Waals surface area (Å²) in [7, 11) is 0. The molecule has 2 aromatic rings. The van der Waals surface area contributed by atoms with Crippen LogP contribution < -0.4 is 15.5 Å². The van der Waals surface area contributed by atoms with Crippen LogP contribution in [-0.4, -0.2) is 61.8 Å². The van der Waals surface area contributed by atoms with Crippen LogP contribution in [0.2, 0.25) is 0 Å². The molecule has 1 amide bonds. The Kier molecular flexibility index (Phi) is 8.72. The number of alkyl halides is 3. The molecule has 2 atom stereocenters. The molecule has 2 aliphatic rings. The summed E-state index contributed by atoms with van der Waals surface area (Å²) < 4.78 is 43.1. The maximum atomic E-state index is 14.4. The first-order valence-electron chi connectivity index (χ1n) is 13.0. The summed E-state index contributed by atoms with van der Waals surface area (Å²) in [6.45, 7) is 5.51. The lowest BCUT2D eigenvalue weighted by molar-refractivity contribution is -0.160. The fourth-order valence-corrected chi connectivity index (χ4v) is 5.04. The number of carbonyl (C=O) groups excluding carboxylic acids is 1. The summed E-state index contributed by atoms with van der Waals surface area (Å²) in [5.41, 5.74) is 2.29. The quantitative estimate of drug-likeness (QED) is 0.453. The highest BCUT2D eigenvalue weighted by Crippen LogP contribution is 2.39. The van der Waals surface area contributed by atoms with Crippen molar-refractivity contribution in [2.75, 3.05) is 37.6 Å². The summed E-state index contributed by atoms with van der Waals surface area (Å²) in [5.74, 6) is -0.610. The first kappa shape index (κ1) is 27.0. The van der Waals surface area contributed by atoms with Crippen LogP contribution in [0.15, 0.2) is 48.5 Å². The van der Waals surface area contributed by atoms with E-state index in [4.69, 9.17) is 5.26 Å². The van der Waals surface area contributed by atoms with E-state index in [1.54, 1.807) is 31.2 Å². The number of nitriles is 1. The Bertz CT molecular complexity index is 1090. The van der Waals surface area contributed by atoms with Crippen LogP contribution in [0.1, 0.15) is 44.2 Å². The van der Waals surface area contributed by atoms with Crippen molar-refractivity contribution in [3.63, 3.8) is 0 Å². The largest absolute Gasteiger partial charge is 0.407 e. The molecule has 2 fully saturated rings. The van der Waals surface area contributed by atoms with Crippen molar-refractivity contribution in [2.24, 2.45) is 0 Å². The molecule has 2 aromatic carbocycles. The first-order valence-corrected chi connectivity index (χ1v) is 13.0. The van der Waals surface area contributed by atoms with Crippen molar-refractivity contribution in [3.05, 3.63) is 54.1 Å². The molecule has 1 aliphatic carbocycles. The van der Waals surface area contributed by atoms with Gasteiger partial charge in [0.25, 0.3) is 0 Å². The smallest absolute Gasteiger partial charge is 0.369 e. The van der Waals surface area contributed by atoms with Gasteiger partial charge in [0.15, 0.2) is 0 Å². The molecule has 2 N–H and O–H groups in total. The zero-order valence-corrected chi connectivity index (χ0v) is 21.1. The van der Waals surface area contributed by atoms with Crippen molar-refractivity contribution in [1.29, 1.82) is 5.26 Å². The topological polar surface area (TPSA) is 71.4 Å². The molecule has 37 heavy (non-hydrogen) atoms. The molecule has 4 rings (SSSR count). The van der Waals surface area contributed by atoms with Crippen LogP contribution >= 0.6 is 0 Å². The zero-order valence-electron chi connectivity index (χ0n) is 21.1. The van der Waals surface area contributed by atoms with Gasteiger partial charge in [0, 0.05) is 37.9 Å². The highest BCUT2D eigenvalue weighted by Gasteiger charge is 2.43. The van der Waals surface area contributed by atoms with E-state index in [0.717, 1.165) is 37.9 Å². The second-order valence-electron chi connectivity index (χ2n) is 9.75. The molecule has 6 nitrogen and oxygen atoms in total. The monoisotopic (exact) mass is 513 g/mol. The third kappa shape index (κ3) is 6.82. The fraction of sp³-hybridized carbons (Fsp3) is 0.500. The fourth-order valence-electron chi connectivity index (χ4n) is 5.04. The Morgan fingerprint density at radius 1 is 1.08 bits per heavy atom. The SMILES string of the molecule is CCC[C@H](NC(c1ccccc1-c1ccc(N2CCN(C3CC3)CC2)cc1)C(F)(F)F)C(=O)NCC#N. The molecule has 1 saturated heterocycles. The Hall–Kier alpha value is -3.09. The minimum absolute atomic E-state index is 0.0648. The number of benzene rings is 2. The molecular formula is C28H34F3N5O. The average molecular weight is 514 g/mol. The number of carbonyl (C=O) groups is 1. The molecule has 9 heteroatoms. The number of anilines is 1. The van der Waals surface area contributed by atoms with Gasteiger partial charge < -0.3 is 10.2 Å². The van der Waals surface area contributed by atoms with Crippen LogP contribution in [0, 0.1) is 11.3 Å². The molecule has 1 aliphatic heterocycles. The highest BCUT2D eigenvalue weighted by atomic mass is 19.4. The average Bonchev–Trinajstić information content (AvgIpc) is 3.75. The summed E-state index contributed by atoms with van der Waals surface area (Å²) in [6, 6.07) is 13.6. The molecular weight excluding hydrogens is 479 g/mol. The van der Waals surface area contributed by atoms with Gasteiger partial charge in [0.1, 0.15) is 12.6 Å². The summed E-state index contributed by atoms with van der Waals surface area (Å²) in [4.78, 5) is 17.4. The van der Waals surface area contributed by atoms with E-state index in [9.17, 15) is 18.0 Å². The normalized spacial score (nSPS) is 18.2. The number of hydrogen-bond acceptors (Lipinski definition) is 5. The summed E-state index contributed by atoms with van der Waals surface area (Å²) >= 11 is 0. The van der Waals surface area contributed by atoms with Crippen molar-refractivity contribution in [2.45, 2.75) is 56.9 Å². The van der Waals surface area contributed by atoms with Crippen LogP contribution in [0.5, 0.6) is 0 Å². The molecule has 1 heterocycles. The Labute approximate surface area is 216 Å². The van der Waals surface area contributed by atoms with Crippen molar-refractivity contribution >= 4 is 11.6 Å². The van der Waals surface area contributed by atoms with Crippen molar-refractivity contribution in [3.8, 4) is 17.2 Å². The summed E-state index contributed by atoms with van der Waals surface area (Å²) in [5, 5.41) is 13.7. The van der Waals surface area contributed by atoms with E-state index in [2.05, 4.69) is 20.4 Å². The van der Waals surface area contributed by atoms with Gasteiger partial charge in [-0.2, -0.15) is 18.4 Å². The van der Waals surface area contributed by atoms with Gasteiger partial charge in [-0.1, -0.05) is 49.7 Å². The lowest BCUT2D eigenvalue weighted by Crippen LogP contribution is -2.49. The third-order valence-electron chi connectivity index (χ3n) is 7.12. The van der Waals surface area contributed by atoms with Crippen molar-refractivity contribution in [1.82, 2.24) is 15.5 Å². The zero-order chi connectivity index (χ0) is 26.4. The molecule has 0 spiro atoms. The standard InChI is InChI=1S/C28H34F3N5O/c1-2-5-25(27(37)33-15-14-32)34-26(28(29,30)31)24-7-4-3-6-23(24)20-8-10-21(11-9-20)35-16-18-36(19-17-35)22-12-13-22/h3-4,6-11,22,25-26,34H,2,5,12-13,15-19H2,1H3,(H,33,37)/t25-,26?/m0/s1. The van der Waals surface area contributed by atoms with Gasteiger partial charge >= 0.3 is 6.18 Å². The van der Waals surface area contributed by atoms with Crippen LogP contribution in [0.4, 0.5) is 18.9 Å². The maximum absolute atomic E-state index is 14.4. The third-order valence-corrected chi connectivity index (χ3v) is 7.12. The van der Waals surface area contributed by atoms with E-state index in [1.807, 2.05) is 24.3 Å². The molecule has 0 radical (unpaired) electrons. The Morgan fingerprint density at radius 3 is 2.35 bits per heavy atom. The molecule has 198 valence electrons. The highest BCUT2D eigenvalue weighted by molar-refractivity contribution is 5.82. The second-order valence-corrected chi connectivity index (χ2v) is 9.75. The maximum Gasteiger partial charge on any atom is 0.407 e. The van der Waals surface area contributed by atoms with Gasteiger partial charge in [0.05, 0.1) is 12.1 Å². The predicted molar refractivity (Wildman–Crippen MR) is 138 cm³/mol. The number of nitrogens with zero attached hydrogens (tertiary/aromatic N) is 3. The van der Waals surface area contributed by atoms with Gasteiger partial charge in [-0.3, -0.25) is 15.0 Å². The predicted octanol–water partition coefficient (Wildman–Crippen LogP) is 4.64. The van der Waals surface area contributed by atoms with Crippen molar-refractivity contribution < 1.29 is 18.0 Å². The minimum Gasteiger partial charge on any atom is -0.369 e. The van der Waals surface area contributed by atoms with Crippen LogP contribution in [-0.2, 0) is 4.79 Å². The van der Waals surface area contributed by atoms with Gasteiger partial charge in [-0.15, -0.1) is 0 Å². The molecule has 1 unspecified atom stereocenters. The minimum atomic E-state index is -4.63.